The molecule has 0 atom stereocenters. The van der Waals surface area contributed by atoms with Crippen LogP contribution >= 0.6 is 0 Å². The molecule has 0 saturated heterocycles. The minimum absolute atomic E-state index is 0. The minimum atomic E-state index is -1.87. The standard InChI is InChI=1S/C22H26GeN.C13H24O2.Ir/c1-22(2,3)20-14-17(13-16-9-7-8-10-19(16)20)21-15-18(11-12-24-21)23(4,5)6;1-5-10(6-2)12(14)9-13(15)11(7-3)8-4;/h7-12,14-15H,1-6H3;9-11,14H,5-8H2,1-4H3;/q-1;;/b;12-9-;. The van der Waals surface area contributed by atoms with Crippen LogP contribution in [-0.4, -0.2) is 29.1 Å². The normalized spacial score (nSPS) is 12.2. The molecule has 221 valence electrons. The molecule has 3 rings (SSSR count). The number of pyridine rings is 1. The van der Waals surface area contributed by atoms with E-state index >= 15 is 0 Å². The second-order valence-corrected chi connectivity index (χ2v) is 23.2. The third-order valence-corrected chi connectivity index (χ3v) is 11.9. The van der Waals surface area contributed by atoms with E-state index in [1.807, 2.05) is 33.9 Å². The number of hydrogen-bond acceptors (Lipinski definition) is 3. The van der Waals surface area contributed by atoms with Crippen molar-refractivity contribution in [2.45, 2.75) is 96.8 Å². The van der Waals surface area contributed by atoms with E-state index in [1.54, 1.807) is 0 Å². The summed E-state index contributed by atoms with van der Waals surface area (Å²) < 4.78 is 1.49. The Balaban J connectivity index is 0.000000437. The van der Waals surface area contributed by atoms with Gasteiger partial charge in [0.15, 0.2) is 5.78 Å². The van der Waals surface area contributed by atoms with E-state index in [2.05, 4.69) is 91.6 Å². The number of benzene rings is 2. The molecule has 3 aromatic rings. The van der Waals surface area contributed by atoms with Gasteiger partial charge in [0.1, 0.15) is 0 Å². The van der Waals surface area contributed by atoms with Crippen molar-refractivity contribution in [3.63, 3.8) is 0 Å². The zero-order valence-electron chi connectivity index (χ0n) is 26.3. The fourth-order valence-electron chi connectivity index (χ4n) is 4.81. The average molecular weight is 782 g/mol. The number of carbonyl (C=O) groups excluding carboxylic acids is 1. The van der Waals surface area contributed by atoms with Crippen LogP contribution < -0.4 is 4.40 Å². The van der Waals surface area contributed by atoms with E-state index in [4.69, 9.17) is 0 Å². The molecule has 1 heterocycles. The zero-order chi connectivity index (χ0) is 29.4. The smallest absolute Gasteiger partial charge is 0.162 e. The van der Waals surface area contributed by atoms with Gasteiger partial charge in [-0.05, 0) is 25.7 Å². The Morgan fingerprint density at radius 3 is 2.05 bits per heavy atom. The molecule has 0 spiro atoms. The molecule has 0 aliphatic carbocycles. The van der Waals surface area contributed by atoms with Crippen LogP contribution in [-0.2, 0) is 30.3 Å². The largest absolute Gasteiger partial charge is 0.512 e. The zero-order valence-corrected chi connectivity index (χ0v) is 30.8. The average Bonchev–Trinajstić information content (AvgIpc) is 2.89. The summed E-state index contributed by atoms with van der Waals surface area (Å²) in [6, 6.07) is 18.9. The summed E-state index contributed by atoms with van der Waals surface area (Å²) in [5.41, 5.74) is 3.59. The minimum Gasteiger partial charge on any atom is -0.512 e. The molecule has 0 saturated carbocycles. The SMILES string of the molecule is CC(C)(C)c1cc(-c2c[c]([Ge]([CH3])([CH3])[CH3])ccn2)[c-]c2ccccc12.CCC(CC)C(=O)/C=C(\O)C(CC)CC.[Ir]. The molecule has 0 amide bonds. The van der Waals surface area contributed by atoms with E-state index in [1.165, 1.54) is 26.8 Å². The van der Waals surface area contributed by atoms with Crippen molar-refractivity contribution in [1.82, 2.24) is 4.98 Å². The number of ketones is 1. The van der Waals surface area contributed by atoms with Gasteiger partial charge in [0, 0.05) is 38.0 Å². The van der Waals surface area contributed by atoms with Crippen molar-refractivity contribution in [3.8, 4) is 11.3 Å². The second-order valence-electron chi connectivity index (χ2n) is 12.6. The van der Waals surface area contributed by atoms with E-state index in [0.29, 0.717) is 0 Å². The molecule has 0 aliphatic rings. The number of aliphatic hydroxyl groups excluding tert-OH is 1. The van der Waals surface area contributed by atoms with E-state index in [9.17, 15) is 9.90 Å². The summed E-state index contributed by atoms with van der Waals surface area (Å²) in [6.07, 6.45) is 6.87. The van der Waals surface area contributed by atoms with Crippen molar-refractivity contribution in [1.29, 1.82) is 0 Å². The Kier molecular flexibility index (Phi) is 14.5. The summed E-state index contributed by atoms with van der Waals surface area (Å²) in [5, 5.41) is 12.2. The first-order valence-electron chi connectivity index (χ1n) is 14.6. The van der Waals surface area contributed by atoms with Gasteiger partial charge in [-0.15, -0.1) is 0 Å². The van der Waals surface area contributed by atoms with Gasteiger partial charge in [-0.25, -0.2) is 0 Å². The van der Waals surface area contributed by atoms with Crippen LogP contribution in [0.25, 0.3) is 22.0 Å². The third kappa shape index (κ3) is 9.96. The van der Waals surface area contributed by atoms with Crippen molar-refractivity contribution >= 4 is 34.2 Å². The number of carbonyl (C=O) groups is 1. The maximum absolute atomic E-state index is 11.7. The Morgan fingerprint density at radius 2 is 1.52 bits per heavy atom. The third-order valence-electron chi connectivity index (χ3n) is 7.57. The summed E-state index contributed by atoms with van der Waals surface area (Å²) in [6.45, 7) is 14.9. The maximum atomic E-state index is 11.7. The van der Waals surface area contributed by atoms with Crippen LogP contribution in [0.2, 0.25) is 17.3 Å². The number of aromatic nitrogens is 1. The monoisotopic (exact) mass is 783 g/mol. The quantitative estimate of drug-likeness (QED) is 0.102. The van der Waals surface area contributed by atoms with Crippen LogP contribution in [0.1, 0.15) is 79.7 Å². The predicted molar refractivity (Wildman–Crippen MR) is 172 cm³/mol. The first-order chi connectivity index (χ1) is 18.3. The number of hydrogen-bond donors (Lipinski definition) is 1. The predicted octanol–water partition coefficient (Wildman–Crippen LogP) is 9.41. The van der Waals surface area contributed by atoms with Crippen LogP contribution in [0, 0.1) is 17.9 Å². The Morgan fingerprint density at radius 1 is 0.950 bits per heavy atom. The van der Waals surface area contributed by atoms with Gasteiger partial charge >= 0.3 is 148 Å². The van der Waals surface area contributed by atoms with Crippen molar-refractivity contribution in [2.24, 2.45) is 11.8 Å². The summed E-state index contributed by atoms with van der Waals surface area (Å²) in [5.74, 6) is 7.81. The molecule has 5 heteroatoms. The topological polar surface area (TPSA) is 50.2 Å². The van der Waals surface area contributed by atoms with E-state index in [-0.39, 0.29) is 48.9 Å². The van der Waals surface area contributed by atoms with Crippen molar-refractivity contribution in [2.75, 3.05) is 0 Å². The first kappa shape index (κ1) is 36.3. The Bertz CT molecular complexity index is 1260. The fourth-order valence-corrected chi connectivity index (χ4v) is 7.21. The van der Waals surface area contributed by atoms with Gasteiger partial charge in [-0.2, -0.15) is 0 Å². The molecule has 0 bridgehead atoms. The molecule has 40 heavy (non-hydrogen) atoms. The van der Waals surface area contributed by atoms with Crippen molar-refractivity contribution in [3.05, 3.63) is 72.1 Å². The molecule has 1 N–H and O–H groups in total. The first-order valence-corrected chi connectivity index (χ1v) is 22.0. The van der Waals surface area contributed by atoms with E-state index < -0.39 is 13.3 Å². The number of fused-ring (bicyclic) bond motifs is 1. The van der Waals surface area contributed by atoms with Crippen LogP contribution in [0.4, 0.5) is 0 Å². The summed E-state index contributed by atoms with van der Waals surface area (Å²) >= 11 is -1.87. The summed E-state index contributed by atoms with van der Waals surface area (Å²) in [7, 11) is 0. The summed E-state index contributed by atoms with van der Waals surface area (Å²) in [4.78, 5) is 16.4. The van der Waals surface area contributed by atoms with Gasteiger partial charge in [0.2, 0.25) is 0 Å². The van der Waals surface area contributed by atoms with Gasteiger partial charge in [-0.1, -0.05) is 27.7 Å². The Hall–Kier alpha value is -1.75. The molecule has 1 aromatic heterocycles. The number of nitrogens with zero attached hydrogens (tertiary/aromatic N) is 1. The van der Waals surface area contributed by atoms with Gasteiger partial charge < -0.3 is 5.11 Å². The molecule has 2 aromatic carbocycles. The number of allylic oxidation sites excluding steroid dienone is 2. The van der Waals surface area contributed by atoms with Crippen LogP contribution in [0.15, 0.2) is 60.5 Å². The number of rotatable bonds is 9. The van der Waals surface area contributed by atoms with Gasteiger partial charge in [0.25, 0.3) is 0 Å². The molecule has 3 nitrogen and oxygen atoms in total. The van der Waals surface area contributed by atoms with Crippen LogP contribution in [0.3, 0.4) is 0 Å². The molecule has 1 radical (unpaired) electrons. The second kappa shape index (κ2) is 16.0. The Labute approximate surface area is 260 Å². The molecule has 0 fully saturated rings. The molecule has 0 unspecified atom stereocenters. The van der Waals surface area contributed by atoms with Crippen molar-refractivity contribution < 1.29 is 30.0 Å². The van der Waals surface area contributed by atoms with Gasteiger partial charge in [-0.3, -0.25) is 4.79 Å². The fraction of sp³-hybridized carbons (Fsp3) is 0.486. The maximum Gasteiger partial charge on any atom is 0.162 e. The van der Waals surface area contributed by atoms with Crippen LogP contribution in [0.5, 0.6) is 0 Å². The van der Waals surface area contributed by atoms with Gasteiger partial charge in [0.05, 0.1) is 5.76 Å². The molecular formula is C35H50GeIrNO2-. The molecule has 0 aliphatic heterocycles. The molecular weight excluding hydrogens is 731 g/mol. The van der Waals surface area contributed by atoms with E-state index in [0.717, 1.165) is 36.9 Å². The number of aliphatic hydroxyl groups is 1.